The minimum Gasteiger partial charge on any atom is -0.465 e. The Balaban J connectivity index is 1.85. The van der Waals surface area contributed by atoms with Gasteiger partial charge in [0.2, 0.25) is 5.91 Å². The van der Waals surface area contributed by atoms with Gasteiger partial charge in [-0.2, -0.15) is 5.10 Å². The van der Waals surface area contributed by atoms with Gasteiger partial charge in [-0.1, -0.05) is 24.3 Å². The van der Waals surface area contributed by atoms with Crippen LogP contribution in [0.2, 0.25) is 0 Å². The number of hydrogen-bond acceptors (Lipinski definition) is 5. The van der Waals surface area contributed by atoms with Gasteiger partial charge in [0, 0.05) is 11.1 Å². The maximum absolute atomic E-state index is 12.5. The summed E-state index contributed by atoms with van der Waals surface area (Å²) >= 11 is 0. The number of aryl methyl sites for hydroxylation is 1. The molecule has 132 valence electrons. The third-order valence-electron chi connectivity index (χ3n) is 4.04. The summed E-state index contributed by atoms with van der Waals surface area (Å²) in [5, 5.41) is 10.3. The Hall–Kier alpha value is -3.48. The van der Waals surface area contributed by atoms with Crippen molar-refractivity contribution in [2.24, 2.45) is 0 Å². The summed E-state index contributed by atoms with van der Waals surface area (Å²) in [5.41, 5.74) is 1.85. The SMILES string of the molecule is COC(=O)c1ccc(C)c(NC(=O)Cc2n[nH]c(=O)c3ccccc23)c1. The van der Waals surface area contributed by atoms with E-state index >= 15 is 0 Å². The van der Waals surface area contributed by atoms with E-state index in [1.54, 1.807) is 42.5 Å². The Kier molecular flexibility index (Phi) is 4.79. The molecule has 0 saturated carbocycles. The Bertz CT molecular complexity index is 1060. The molecular formula is C19H17N3O4. The third-order valence-corrected chi connectivity index (χ3v) is 4.04. The molecule has 0 fully saturated rings. The zero-order chi connectivity index (χ0) is 18.7. The number of hydrogen-bond donors (Lipinski definition) is 2. The molecule has 0 bridgehead atoms. The van der Waals surface area contributed by atoms with Crippen LogP contribution in [0, 0.1) is 6.92 Å². The molecule has 0 spiro atoms. The molecule has 2 N–H and O–H groups in total. The predicted octanol–water partition coefficient (Wildman–Crippen LogP) is 2.20. The van der Waals surface area contributed by atoms with E-state index in [2.05, 4.69) is 15.5 Å². The molecule has 0 radical (unpaired) electrons. The molecule has 0 aliphatic carbocycles. The number of amides is 1. The van der Waals surface area contributed by atoms with Crippen molar-refractivity contribution in [1.29, 1.82) is 0 Å². The number of carbonyl (C=O) groups excluding carboxylic acids is 2. The maximum Gasteiger partial charge on any atom is 0.337 e. The minimum atomic E-state index is -0.478. The molecule has 0 aliphatic rings. The number of fused-ring (bicyclic) bond motifs is 1. The van der Waals surface area contributed by atoms with Crippen LogP contribution in [0.15, 0.2) is 47.3 Å². The molecule has 0 saturated heterocycles. The van der Waals surface area contributed by atoms with Crippen molar-refractivity contribution in [2.75, 3.05) is 12.4 Å². The van der Waals surface area contributed by atoms with E-state index in [4.69, 9.17) is 4.74 Å². The second kappa shape index (κ2) is 7.18. The summed E-state index contributed by atoms with van der Waals surface area (Å²) in [6, 6.07) is 11.9. The highest BCUT2D eigenvalue weighted by Gasteiger charge is 2.13. The number of esters is 1. The van der Waals surface area contributed by atoms with E-state index in [0.29, 0.717) is 27.7 Å². The molecule has 3 aromatic rings. The summed E-state index contributed by atoms with van der Waals surface area (Å²) < 4.78 is 4.70. The number of nitrogens with zero attached hydrogens (tertiary/aromatic N) is 1. The number of carbonyl (C=O) groups is 2. The summed E-state index contributed by atoms with van der Waals surface area (Å²) in [5.74, 6) is -0.784. The van der Waals surface area contributed by atoms with Gasteiger partial charge in [-0.15, -0.1) is 0 Å². The first-order valence-electron chi connectivity index (χ1n) is 7.94. The zero-order valence-electron chi connectivity index (χ0n) is 14.3. The van der Waals surface area contributed by atoms with Crippen molar-refractivity contribution in [3.8, 4) is 0 Å². The Labute approximate surface area is 149 Å². The highest BCUT2D eigenvalue weighted by molar-refractivity contribution is 5.97. The highest BCUT2D eigenvalue weighted by atomic mass is 16.5. The van der Waals surface area contributed by atoms with Crippen LogP contribution in [0.1, 0.15) is 21.6 Å². The van der Waals surface area contributed by atoms with Gasteiger partial charge in [0.25, 0.3) is 5.56 Å². The molecule has 26 heavy (non-hydrogen) atoms. The van der Waals surface area contributed by atoms with Crippen molar-refractivity contribution in [2.45, 2.75) is 13.3 Å². The maximum atomic E-state index is 12.5. The van der Waals surface area contributed by atoms with Crippen LogP contribution in [0.3, 0.4) is 0 Å². The smallest absolute Gasteiger partial charge is 0.337 e. The number of H-pyrrole nitrogens is 1. The van der Waals surface area contributed by atoms with E-state index in [0.717, 1.165) is 5.56 Å². The van der Waals surface area contributed by atoms with Crippen LogP contribution in [-0.2, 0) is 16.0 Å². The predicted molar refractivity (Wildman–Crippen MR) is 97.2 cm³/mol. The molecule has 1 heterocycles. The average molecular weight is 351 g/mol. The molecule has 7 nitrogen and oxygen atoms in total. The van der Waals surface area contributed by atoms with E-state index in [1.165, 1.54) is 7.11 Å². The molecule has 0 aliphatic heterocycles. The zero-order valence-corrected chi connectivity index (χ0v) is 14.3. The third kappa shape index (κ3) is 3.46. The summed E-state index contributed by atoms with van der Waals surface area (Å²) in [6.07, 6.45) is -0.0147. The van der Waals surface area contributed by atoms with Gasteiger partial charge < -0.3 is 10.1 Å². The van der Waals surface area contributed by atoms with Crippen LogP contribution >= 0.6 is 0 Å². The Morgan fingerprint density at radius 3 is 2.62 bits per heavy atom. The van der Waals surface area contributed by atoms with Crippen molar-refractivity contribution < 1.29 is 14.3 Å². The van der Waals surface area contributed by atoms with E-state index in [-0.39, 0.29) is 17.9 Å². The van der Waals surface area contributed by atoms with Crippen molar-refractivity contribution >= 4 is 28.3 Å². The fourth-order valence-corrected chi connectivity index (χ4v) is 2.65. The second-order valence-corrected chi connectivity index (χ2v) is 5.79. The van der Waals surface area contributed by atoms with Gasteiger partial charge in [-0.25, -0.2) is 9.89 Å². The van der Waals surface area contributed by atoms with Gasteiger partial charge in [0.05, 0.1) is 30.2 Å². The van der Waals surface area contributed by atoms with Gasteiger partial charge >= 0.3 is 5.97 Å². The quantitative estimate of drug-likeness (QED) is 0.702. The molecular weight excluding hydrogens is 334 g/mol. The van der Waals surface area contributed by atoms with Crippen LogP contribution in [0.25, 0.3) is 10.8 Å². The monoisotopic (exact) mass is 351 g/mol. The topological polar surface area (TPSA) is 101 Å². The number of aromatic nitrogens is 2. The molecule has 1 aromatic heterocycles. The number of anilines is 1. The average Bonchev–Trinajstić information content (AvgIpc) is 2.65. The largest absolute Gasteiger partial charge is 0.465 e. The van der Waals surface area contributed by atoms with Crippen LogP contribution in [0.4, 0.5) is 5.69 Å². The fourth-order valence-electron chi connectivity index (χ4n) is 2.65. The fraction of sp³-hybridized carbons (Fsp3) is 0.158. The van der Waals surface area contributed by atoms with Crippen LogP contribution < -0.4 is 10.9 Å². The van der Waals surface area contributed by atoms with Crippen molar-refractivity contribution in [3.63, 3.8) is 0 Å². The Morgan fingerprint density at radius 2 is 1.88 bits per heavy atom. The lowest BCUT2D eigenvalue weighted by Gasteiger charge is -2.10. The number of benzene rings is 2. The van der Waals surface area contributed by atoms with Crippen molar-refractivity contribution in [3.05, 3.63) is 69.6 Å². The molecule has 0 atom stereocenters. The van der Waals surface area contributed by atoms with E-state index in [1.807, 2.05) is 6.92 Å². The normalized spacial score (nSPS) is 10.5. The van der Waals surface area contributed by atoms with Crippen molar-refractivity contribution in [1.82, 2.24) is 10.2 Å². The standard InChI is InChI=1S/C19H17N3O4/c1-11-7-8-12(19(25)26-2)9-15(11)20-17(23)10-16-13-5-3-4-6-14(13)18(24)22-21-16/h3-9H,10H2,1-2H3,(H,20,23)(H,22,24). The molecule has 3 rings (SSSR count). The van der Waals surface area contributed by atoms with Crippen LogP contribution in [0.5, 0.6) is 0 Å². The van der Waals surface area contributed by atoms with Gasteiger partial charge in [-0.3, -0.25) is 9.59 Å². The molecule has 7 heteroatoms. The summed E-state index contributed by atoms with van der Waals surface area (Å²) in [6.45, 7) is 1.82. The molecule has 2 aromatic carbocycles. The van der Waals surface area contributed by atoms with Gasteiger partial charge in [-0.05, 0) is 30.7 Å². The molecule has 0 unspecified atom stereocenters. The first kappa shape index (κ1) is 17.3. The number of methoxy groups -OCH3 is 1. The number of ether oxygens (including phenoxy) is 1. The summed E-state index contributed by atoms with van der Waals surface area (Å²) in [4.78, 5) is 35.9. The second-order valence-electron chi connectivity index (χ2n) is 5.79. The lowest BCUT2D eigenvalue weighted by Crippen LogP contribution is -2.19. The highest BCUT2D eigenvalue weighted by Crippen LogP contribution is 2.19. The van der Waals surface area contributed by atoms with Gasteiger partial charge in [0.1, 0.15) is 0 Å². The lowest BCUT2D eigenvalue weighted by molar-refractivity contribution is -0.115. The Morgan fingerprint density at radius 1 is 1.15 bits per heavy atom. The van der Waals surface area contributed by atoms with E-state index in [9.17, 15) is 14.4 Å². The van der Waals surface area contributed by atoms with E-state index < -0.39 is 5.97 Å². The first-order valence-corrected chi connectivity index (χ1v) is 7.94. The van der Waals surface area contributed by atoms with Gasteiger partial charge in [0.15, 0.2) is 0 Å². The lowest BCUT2D eigenvalue weighted by atomic mass is 10.1. The number of nitrogens with one attached hydrogen (secondary N) is 2. The first-order chi connectivity index (χ1) is 12.5. The minimum absolute atomic E-state index is 0.0147. The number of aromatic amines is 1. The number of rotatable bonds is 4. The van der Waals surface area contributed by atoms with Crippen LogP contribution in [-0.4, -0.2) is 29.2 Å². The molecule has 1 amide bonds. The summed E-state index contributed by atoms with van der Waals surface area (Å²) in [7, 11) is 1.30.